The number of amides is 2. The summed E-state index contributed by atoms with van der Waals surface area (Å²) in [7, 11) is 0. The van der Waals surface area contributed by atoms with Gasteiger partial charge in [0.05, 0.1) is 5.56 Å². The van der Waals surface area contributed by atoms with Crippen LogP contribution in [0.4, 0.5) is 0 Å². The molecule has 2 amide bonds. The van der Waals surface area contributed by atoms with Crippen LogP contribution in [0.25, 0.3) is 0 Å². The van der Waals surface area contributed by atoms with Crippen molar-refractivity contribution in [1.82, 2.24) is 5.32 Å². The number of carbonyl (C=O) groups excluding carboxylic acids is 3. The Balaban J connectivity index is 2.67. The molecule has 70 valence electrons. The average molecular weight is 189 g/mol. The molecule has 0 aromatic heterocycles. The molecule has 0 bridgehead atoms. The smallest absolute Gasteiger partial charge is 0.285 e. The first kappa shape index (κ1) is 8.62. The third-order valence-corrected chi connectivity index (χ3v) is 2.10. The lowest BCUT2D eigenvalue weighted by Crippen LogP contribution is -2.42. The van der Waals surface area contributed by atoms with Gasteiger partial charge >= 0.3 is 0 Å². The molecule has 2 rings (SSSR count). The second kappa shape index (κ2) is 2.77. The van der Waals surface area contributed by atoms with Gasteiger partial charge in [-0.15, -0.1) is 0 Å². The van der Waals surface area contributed by atoms with Gasteiger partial charge in [-0.05, 0) is 19.1 Å². The summed E-state index contributed by atoms with van der Waals surface area (Å²) >= 11 is 0. The fourth-order valence-electron chi connectivity index (χ4n) is 1.39. The molecule has 4 nitrogen and oxygen atoms in total. The zero-order valence-corrected chi connectivity index (χ0v) is 7.46. The minimum atomic E-state index is -0.855. The Bertz CT molecular complexity index is 462. The van der Waals surface area contributed by atoms with E-state index in [4.69, 9.17) is 0 Å². The standard InChI is InChI=1S/C10H7NO3/c1-5-2-3-6-7(4-5)9(13)11-10(14)8(6)12/h2-4H,1H3,(H,11,13,14). The second-order valence-electron chi connectivity index (χ2n) is 3.16. The van der Waals surface area contributed by atoms with Crippen molar-refractivity contribution in [1.29, 1.82) is 0 Å². The maximum atomic E-state index is 11.3. The Hall–Kier alpha value is -1.97. The van der Waals surface area contributed by atoms with Gasteiger partial charge < -0.3 is 0 Å². The summed E-state index contributed by atoms with van der Waals surface area (Å²) in [5, 5.41) is 1.99. The number of imide groups is 1. The first-order chi connectivity index (χ1) is 6.59. The highest BCUT2D eigenvalue weighted by atomic mass is 16.2. The van der Waals surface area contributed by atoms with Crippen LogP contribution >= 0.6 is 0 Å². The van der Waals surface area contributed by atoms with E-state index in [1.54, 1.807) is 12.1 Å². The highest BCUT2D eigenvalue weighted by molar-refractivity contribution is 6.49. The van der Waals surface area contributed by atoms with Gasteiger partial charge in [0.15, 0.2) is 0 Å². The Morgan fingerprint density at radius 1 is 1.00 bits per heavy atom. The summed E-state index contributed by atoms with van der Waals surface area (Å²) in [6.45, 7) is 1.81. The monoisotopic (exact) mass is 189 g/mol. The van der Waals surface area contributed by atoms with Gasteiger partial charge in [-0.25, -0.2) is 0 Å². The number of hydrogen-bond acceptors (Lipinski definition) is 3. The van der Waals surface area contributed by atoms with Gasteiger partial charge in [-0.1, -0.05) is 11.6 Å². The van der Waals surface area contributed by atoms with Crippen LogP contribution in [0.5, 0.6) is 0 Å². The molecule has 0 spiro atoms. The van der Waals surface area contributed by atoms with Crippen molar-refractivity contribution in [2.75, 3.05) is 0 Å². The Kier molecular flexibility index (Phi) is 1.70. The summed E-state index contributed by atoms with van der Waals surface area (Å²) in [5.74, 6) is -2.01. The van der Waals surface area contributed by atoms with Crippen LogP contribution in [0.3, 0.4) is 0 Å². The zero-order valence-electron chi connectivity index (χ0n) is 7.46. The van der Waals surface area contributed by atoms with Crippen LogP contribution in [-0.2, 0) is 4.79 Å². The number of hydrogen-bond donors (Lipinski definition) is 1. The van der Waals surface area contributed by atoms with Crippen LogP contribution < -0.4 is 5.32 Å². The molecule has 0 saturated heterocycles. The Morgan fingerprint density at radius 2 is 1.71 bits per heavy atom. The largest absolute Gasteiger partial charge is 0.299 e. The molecule has 1 N–H and O–H groups in total. The molecular weight excluding hydrogens is 182 g/mol. The molecule has 0 fully saturated rings. The summed E-state index contributed by atoms with van der Waals surface area (Å²) in [6, 6.07) is 4.79. The highest BCUT2D eigenvalue weighted by Gasteiger charge is 2.29. The normalized spacial score (nSPS) is 15.1. The van der Waals surface area contributed by atoms with Crippen molar-refractivity contribution in [3.63, 3.8) is 0 Å². The van der Waals surface area contributed by atoms with Crippen molar-refractivity contribution in [2.24, 2.45) is 0 Å². The first-order valence-electron chi connectivity index (χ1n) is 4.10. The van der Waals surface area contributed by atoms with E-state index in [1.807, 2.05) is 12.2 Å². The maximum Gasteiger partial charge on any atom is 0.299 e. The van der Waals surface area contributed by atoms with Gasteiger partial charge in [0.25, 0.3) is 17.6 Å². The van der Waals surface area contributed by atoms with E-state index in [9.17, 15) is 14.4 Å². The SMILES string of the molecule is Cc1ccc2c(c1)C(=O)NC(=O)C2=O. The molecule has 1 aliphatic rings. The van der Waals surface area contributed by atoms with E-state index in [-0.39, 0.29) is 11.1 Å². The number of aryl methyl sites for hydroxylation is 1. The molecule has 1 aromatic rings. The minimum absolute atomic E-state index is 0.185. The Labute approximate surface area is 79.9 Å². The van der Waals surface area contributed by atoms with E-state index in [2.05, 4.69) is 0 Å². The number of ketones is 1. The first-order valence-corrected chi connectivity index (χ1v) is 4.10. The molecule has 0 aliphatic carbocycles. The predicted molar refractivity (Wildman–Crippen MR) is 48.0 cm³/mol. The molecule has 4 heteroatoms. The van der Waals surface area contributed by atoms with Crippen molar-refractivity contribution in [3.8, 4) is 0 Å². The van der Waals surface area contributed by atoms with Crippen LogP contribution in [-0.4, -0.2) is 17.6 Å². The lowest BCUT2D eigenvalue weighted by molar-refractivity contribution is -0.116. The molecule has 1 heterocycles. The lowest BCUT2D eigenvalue weighted by atomic mass is 9.97. The van der Waals surface area contributed by atoms with E-state index in [0.29, 0.717) is 0 Å². The van der Waals surface area contributed by atoms with Crippen LogP contribution in [0, 0.1) is 6.92 Å². The third-order valence-electron chi connectivity index (χ3n) is 2.10. The van der Waals surface area contributed by atoms with E-state index >= 15 is 0 Å². The fraction of sp³-hybridized carbons (Fsp3) is 0.100. The summed E-state index contributed by atoms with van der Waals surface area (Å²) < 4.78 is 0. The number of rotatable bonds is 0. The predicted octanol–water partition coefficient (Wildman–Crippen LogP) is 0.448. The van der Waals surface area contributed by atoms with Gasteiger partial charge in [0.1, 0.15) is 0 Å². The molecule has 0 unspecified atom stereocenters. The number of carbonyl (C=O) groups is 3. The summed E-state index contributed by atoms with van der Waals surface area (Å²) in [6.07, 6.45) is 0. The molecule has 14 heavy (non-hydrogen) atoms. The number of fused-ring (bicyclic) bond motifs is 1. The van der Waals surface area contributed by atoms with Crippen LogP contribution in [0.15, 0.2) is 18.2 Å². The topological polar surface area (TPSA) is 63.2 Å². The van der Waals surface area contributed by atoms with E-state index in [1.165, 1.54) is 6.07 Å². The van der Waals surface area contributed by atoms with Crippen molar-refractivity contribution < 1.29 is 14.4 Å². The highest BCUT2D eigenvalue weighted by Crippen LogP contribution is 2.15. The zero-order chi connectivity index (χ0) is 10.3. The van der Waals surface area contributed by atoms with Crippen molar-refractivity contribution in [2.45, 2.75) is 6.92 Å². The van der Waals surface area contributed by atoms with Crippen LogP contribution in [0.2, 0.25) is 0 Å². The molecular formula is C10H7NO3. The fourth-order valence-corrected chi connectivity index (χ4v) is 1.39. The van der Waals surface area contributed by atoms with Gasteiger partial charge in [0.2, 0.25) is 0 Å². The minimum Gasteiger partial charge on any atom is -0.285 e. The third kappa shape index (κ3) is 1.12. The summed E-state index contributed by atoms with van der Waals surface area (Å²) in [5.41, 5.74) is 1.33. The van der Waals surface area contributed by atoms with E-state index < -0.39 is 17.6 Å². The van der Waals surface area contributed by atoms with Gasteiger partial charge in [-0.3, -0.25) is 19.7 Å². The second-order valence-corrected chi connectivity index (χ2v) is 3.16. The number of nitrogens with one attached hydrogen (secondary N) is 1. The molecule has 0 atom stereocenters. The van der Waals surface area contributed by atoms with Crippen molar-refractivity contribution >= 4 is 17.6 Å². The quantitative estimate of drug-likeness (QED) is 0.476. The summed E-state index contributed by atoms with van der Waals surface area (Å²) in [4.78, 5) is 33.6. The van der Waals surface area contributed by atoms with Crippen LogP contribution in [0.1, 0.15) is 26.3 Å². The van der Waals surface area contributed by atoms with Gasteiger partial charge in [0, 0.05) is 5.56 Å². The van der Waals surface area contributed by atoms with E-state index in [0.717, 1.165) is 5.56 Å². The maximum absolute atomic E-state index is 11.3. The van der Waals surface area contributed by atoms with Gasteiger partial charge in [-0.2, -0.15) is 0 Å². The molecule has 0 radical (unpaired) electrons. The number of benzene rings is 1. The lowest BCUT2D eigenvalue weighted by Gasteiger charge is -2.13. The molecule has 0 saturated carbocycles. The average Bonchev–Trinajstić information content (AvgIpc) is 2.14. The van der Waals surface area contributed by atoms with Crippen molar-refractivity contribution in [3.05, 3.63) is 34.9 Å². The molecule has 1 aliphatic heterocycles. The number of Topliss-reactive ketones (excluding diaryl/α,β-unsaturated/α-hetero) is 1. The Morgan fingerprint density at radius 3 is 2.43 bits per heavy atom. The molecule has 1 aromatic carbocycles.